The van der Waals surface area contributed by atoms with Gasteiger partial charge in [0, 0.05) is 19.3 Å². The molecule has 2 aromatic rings. The number of nitrogens with two attached hydrogens (primary N) is 1. The lowest BCUT2D eigenvalue weighted by Crippen LogP contribution is -2.26. The van der Waals surface area contributed by atoms with E-state index in [9.17, 15) is 4.79 Å². The average Bonchev–Trinajstić information content (AvgIpc) is 2.46. The number of carbonyl (C=O) groups excluding carboxylic acids is 1. The molecule has 0 radical (unpaired) electrons. The highest BCUT2D eigenvalue weighted by Crippen LogP contribution is 2.22. The molecule has 0 bridgehead atoms. The smallest absolute Gasteiger partial charge is 0.257 e. The molecule has 0 aliphatic carbocycles. The highest BCUT2D eigenvalue weighted by atomic mass is 16.5. The second-order valence-electron chi connectivity index (χ2n) is 5.11. The van der Waals surface area contributed by atoms with Gasteiger partial charge in [0.1, 0.15) is 5.75 Å². The number of nitrogen functional groups attached to an aromatic ring is 1. The highest BCUT2D eigenvalue weighted by molar-refractivity contribution is 5.97. The Balaban J connectivity index is 2.21. The van der Waals surface area contributed by atoms with E-state index >= 15 is 0 Å². The zero-order valence-corrected chi connectivity index (χ0v) is 12.6. The molecule has 0 unspecified atom stereocenters. The van der Waals surface area contributed by atoms with Crippen LogP contribution in [0.4, 0.5) is 5.69 Å². The number of aryl methyl sites for hydroxylation is 1. The molecule has 4 heteroatoms. The number of amides is 1. The molecule has 110 valence electrons. The Kier molecular flexibility index (Phi) is 4.48. The Morgan fingerprint density at radius 3 is 2.67 bits per heavy atom. The quantitative estimate of drug-likeness (QED) is 0.878. The number of benzene rings is 2. The molecule has 2 aromatic carbocycles. The van der Waals surface area contributed by atoms with Crippen LogP contribution in [0.3, 0.4) is 0 Å². The predicted molar refractivity (Wildman–Crippen MR) is 84.4 cm³/mol. The second-order valence-corrected chi connectivity index (χ2v) is 5.11. The molecule has 0 saturated carbocycles. The molecule has 2 N–H and O–H groups in total. The lowest BCUT2D eigenvalue weighted by Gasteiger charge is -2.19. The minimum atomic E-state index is -0.0713. The fourth-order valence-corrected chi connectivity index (χ4v) is 2.23. The monoisotopic (exact) mass is 284 g/mol. The molecular formula is C17H20N2O2. The zero-order chi connectivity index (χ0) is 15.4. The third kappa shape index (κ3) is 3.54. The van der Waals surface area contributed by atoms with Crippen LogP contribution in [0.15, 0.2) is 42.5 Å². The van der Waals surface area contributed by atoms with Crippen molar-refractivity contribution in [1.82, 2.24) is 4.90 Å². The van der Waals surface area contributed by atoms with Crippen molar-refractivity contribution in [1.29, 1.82) is 0 Å². The number of methoxy groups -OCH3 is 1. The SMILES string of the molecule is COc1ccc(C)cc1C(=O)N(C)Cc1cccc(N)c1. The average molecular weight is 284 g/mol. The summed E-state index contributed by atoms with van der Waals surface area (Å²) in [5.41, 5.74) is 9.05. The van der Waals surface area contributed by atoms with Crippen LogP contribution in [-0.4, -0.2) is 25.0 Å². The summed E-state index contributed by atoms with van der Waals surface area (Å²) in [6, 6.07) is 13.1. The fraction of sp³-hybridized carbons (Fsp3) is 0.235. The summed E-state index contributed by atoms with van der Waals surface area (Å²) in [6.07, 6.45) is 0. The molecular weight excluding hydrogens is 264 g/mol. The van der Waals surface area contributed by atoms with Gasteiger partial charge in [-0.05, 0) is 36.8 Å². The summed E-state index contributed by atoms with van der Waals surface area (Å²) >= 11 is 0. The minimum Gasteiger partial charge on any atom is -0.496 e. The van der Waals surface area contributed by atoms with E-state index < -0.39 is 0 Å². The maximum absolute atomic E-state index is 12.6. The van der Waals surface area contributed by atoms with Crippen molar-refractivity contribution >= 4 is 11.6 Å². The van der Waals surface area contributed by atoms with Gasteiger partial charge in [-0.2, -0.15) is 0 Å². The first-order valence-electron chi connectivity index (χ1n) is 6.76. The van der Waals surface area contributed by atoms with Crippen LogP contribution >= 0.6 is 0 Å². The van der Waals surface area contributed by atoms with Crippen molar-refractivity contribution in [2.45, 2.75) is 13.5 Å². The minimum absolute atomic E-state index is 0.0713. The van der Waals surface area contributed by atoms with E-state index in [4.69, 9.17) is 10.5 Å². The molecule has 0 aromatic heterocycles. The van der Waals surface area contributed by atoms with Gasteiger partial charge >= 0.3 is 0 Å². The lowest BCUT2D eigenvalue weighted by atomic mass is 10.1. The van der Waals surface area contributed by atoms with Crippen molar-refractivity contribution in [3.8, 4) is 5.75 Å². The number of anilines is 1. The van der Waals surface area contributed by atoms with Gasteiger partial charge in [-0.15, -0.1) is 0 Å². The van der Waals surface area contributed by atoms with Gasteiger partial charge in [0.05, 0.1) is 12.7 Å². The van der Waals surface area contributed by atoms with E-state index in [1.807, 2.05) is 49.4 Å². The van der Waals surface area contributed by atoms with Gasteiger partial charge in [-0.3, -0.25) is 4.79 Å². The van der Waals surface area contributed by atoms with Gasteiger partial charge in [-0.25, -0.2) is 0 Å². The maximum atomic E-state index is 12.6. The van der Waals surface area contributed by atoms with Gasteiger partial charge in [0.25, 0.3) is 5.91 Å². The number of rotatable bonds is 4. The molecule has 0 spiro atoms. The number of hydrogen-bond acceptors (Lipinski definition) is 3. The standard InChI is InChI=1S/C17H20N2O2/c1-12-7-8-16(21-3)15(9-12)17(20)19(2)11-13-5-4-6-14(18)10-13/h4-10H,11,18H2,1-3H3. The molecule has 0 aliphatic rings. The number of carbonyl (C=O) groups is 1. The third-order valence-electron chi connectivity index (χ3n) is 3.30. The second kappa shape index (κ2) is 6.31. The van der Waals surface area contributed by atoms with Gasteiger partial charge in [0.15, 0.2) is 0 Å². The molecule has 2 rings (SSSR count). The van der Waals surface area contributed by atoms with E-state index in [-0.39, 0.29) is 5.91 Å². The largest absolute Gasteiger partial charge is 0.496 e. The molecule has 0 atom stereocenters. The maximum Gasteiger partial charge on any atom is 0.257 e. The number of nitrogens with zero attached hydrogens (tertiary/aromatic N) is 1. The van der Waals surface area contributed by atoms with Crippen molar-refractivity contribution < 1.29 is 9.53 Å². The summed E-state index contributed by atoms with van der Waals surface area (Å²) in [5, 5.41) is 0. The van der Waals surface area contributed by atoms with E-state index in [0.29, 0.717) is 23.5 Å². The summed E-state index contributed by atoms with van der Waals surface area (Å²) in [4.78, 5) is 14.2. The van der Waals surface area contributed by atoms with Gasteiger partial charge in [0.2, 0.25) is 0 Å². The van der Waals surface area contributed by atoms with E-state index in [2.05, 4.69) is 0 Å². The van der Waals surface area contributed by atoms with Crippen molar-refractivity contribution in [3.63, 3.8) is 0 Å². The summed E-state index contributed by atoms with van der Waals surface area (Å²) in [6.45, 7) is 2.45. The fourth-order valence-electron chi connectivity index (χ4n) is 2.23. The summed E-state index contributed by atoms with van der Waals surface area (Å²) in [7, 11) is 3.34. The lowest BCUT2D eigenvalue weighted by molar-refractivity contribution is 0.0781. The topological polar surface area (TPSA) is 55.6 Å². The van der Waals surface area contributed by atoms with Crippen LogP contribution in [0.5, 0.6) is 5.75 Å². The molecule has 4 nitrogen and oxygen atoms in total. The Bertz CT molecular complexity index is 653. The van der Waals surface area contributed by atoms with E-state index in [1.165, 1.54) is 0 Å². The van der Waals surface area contributed by atoms with Crippen molar-refractivity contribution in [3.05, 3.63) is 59.2 Å². The Morgan fingerprint density at radius 1 is 1.24 bits per heavy atom. The first kappa shape index (κ1) is 14.9. The van der Waals surface area contributed by atoms with Gasteiger partial charge < -0.3 is 15.4 Å². The van der Waals surface area contributed by atoms with Crippen LogP contribution < -0.4 is 10.5 Å². The van der Waals surface area contributed by atoms with Crippen molar-refractivity contribution in [2.75, 3.05) is 19.9 Å². The van der Waals surface area contributed by atoms with Crippen LogP contribution in [0, 0.1) is 6.92 Å². The normalized spacial score (nSPS) is 10.2. The highest BCUT2D eigenvalue weighted by Gasteiger charge is 2.17. The van der Waals surface area contributed by atoms with Crippen LogP contribution in [0.2, 0.25) is 0 Å². The van der Waals surface area contributed by atoms with Crippen LogP contribution in [0.1, 0.15) is 21.5 Å². The number of hydrogen-bond donors (Lipinski definition) is 1. The molecule has 0 saturated heterocycles. The zero-order valence-electron chi connectivity index (χ0n) is 12.6. The first-order valence-corrected chi connectivity index (χ1v) is 6.76. The third-order valence-corrected chi connectivity index (χ3v) is 3.30. The van der Waals surface area contributed by atoms with Gasteiger partial charge in [-0.1, -0.05) is 23.8 Å². The van der Waals surface area contributed by atoms with Crippen molar-refractivity contribution in [2.24, 2.45) is 0 Å². The van der Waals surface area contributed by atoms with Crippen LogP contribution in [-0.2, 0) is 6.54 Å². The first-order chi connectivity index (χ1) is 10.0. The molecule has 21 heavy (non-hydrogen) atoms. The Morgan fingerprint density at radius 2 is 2.00 bits per heavy atom. The van der Waals surface area contributed by atoms with E-state index in [0.717, 1.165) is 11.1 Å². The predicted octanol–water partition coefficient (Wildman–Crippen LogP) is 2.86. The Hall–Kier alpha value is -2.49. The molecule has 1 amide bonds. The Labute approximate surface area is 125 Å². The van der Waals surface area contributed by atoms with E-state index in [1.54, 1.807) is 19.1 Å². The molecule has 0 heterocycles. The molecule has 0 aliphatic heterocycles. The summed E-state index contributed by atoms with van der Waals surface area (Å²) < 4.78 is 5.27. The summed E-state index contributed by atoms with van der Waals surface area (Å²) in [5.74, 6) is 0.517. The molecule has 0 fully saturated rings. The van der Waals surface area contributed by atoms with Crippen LogP contribution in [0.25, 0.3) is 0 Å². The number of ether oxygens (including phenoxy) is 1.